The van der Waals surface area contributed by atoms with Crippen LogP contribution in [0.2, 0.25) is 0 Å². The van der Waals surface area contributed by atoms with Gasteiger partial charge in [0.05, 0.1) is 0 Å². The minimum absolute atomic E-state index is 0.921. The van der Waals surface area contributed by atoms with Crippen molar-refractivity contribution in [3.8, 4) is 23.5 Å². The molecule has 0 spiro atoms. The molecule has 2 aromatic carbocycles. The lowest BCUT2D eigenvalue weighted by molar-refractivity contribution is 1.58. The van der Waals surface area contributed by atoms with Gasteiger partial charge in [0.1, 0.15) is 0 Å². The Labute approximate surface area is 103 Å². The number of halogens is 1. The van der Waals surface area contributed by atoms with Gasteiger partial charge in [0.25, 0.3) is 0 Å². The summed E-state index contributed by atoms with van der Waals surface area (Å²) in [6.07, 6.45) is 5.31. The summed E-state index contributed by atoms with van der Waals surface area (Å²) in [5, 5.41) is 0. The predicted molar refractivity (Wildman–Crippen MR) is 72.5 cm³/mol. The highest BCUT2D eigenvalue weighted by Crippen LogP contribution is 2.20. The highest BCUT2D eigenvalue weighted by Gasteiger charge is 1.96. The molecule has 0 saturated heterocycles. The Hall–Kier alpha value is -1.27. The van der Waals surface area contributed by atoms with Crippen molar-refractivity contribution < 1.29 is 0 Å². The lowest BCUT2D eigenvalue weighted by atomic mass is 10.0. The van der Waals surface area contributed by atoms with Gasteiger partial charge < -0.3 is 0 Å². The largest absolute Gasteiger partial charge is 0.115 e. The van der Waals surface area contributed by atoms with Crippen molar-refractivity contribution in [2.45, 2.75) is 0 Å². The van der Waals surface area contributed by atoms with E-state index in [-0.39, 0.29) is 0 Å². The molecule has 0 nitrogen and oxygen atoms in total. The molecule has 0 amide bonds. The number of terminal acetylenes is 1. The summed E-state index contributed by atoms with van der Waals surface area (Å²) in [6, 6.07) is 16.5. The van der Waals surface area contributed by atoms with Crippen LogP contribution in [-0.2, 0) is 0 Å². The SMILES string of the molecule is C#Cc1ccc(-c2ccc(I)cc2)cc1. The molecule has 72 valence electrons. The number of hydrogen-bond acceptors (Lipinski definition) is 0. The number of hydrogen-bond donors (Lipinski definition) is 0. The smallest absolute Gasteiger partial charge is 0.0243 e. The second-order valence-corrected chi connectivity index (χ2v) is 4.47. The van der Waals surface area contributed by atoms with E-state index in [4.69, 9.17) is 6.42 Å². The fourth-order valence-corrected chi connectivity index (χ4v) is 1.76. The minimum Gasteiger partial charge on any atom is -0.115 e. The molecule has 0 N–H and O–H groups in total. The van der Waals surface area contributed by atoms with Crippen molar-refractivity contribution in [2.24, 2.45) is 0 Å². The van der Waals surface area contributed by atoms with E-state index >= 15 is 0 Å². The summed E-state index contributed by atoms with van der Waals surface area (Å²) < 4.78 is 1.25. The molecule has 2 aromatic rings. The molecule has 2 rings (SSSR count). The van der Waals surface area contributed by atoms with Crippen molar-refractivity contribution in [1.82, 2.24) is 0 Å². The molecule has 0 aliphatic carbocycles. The van der Waals surface area contributed by atoms with Crippen molar-refractivity contribution >= 4 is 22.6 Å². The van der Waals surface area contributed by atoms with E-state index in [0.29, 0.717) is 0 Å². The fraction of sp³-hybridized carbons (Fsp3) is 0. The molecule has 0 saturated carbocycles. The van der Waals surface area contributed by atoms with Crippen molar-refractivity contribution in [1.29, 1.82) is 0 Å². The van der Waals surface area contributed by atoms with Gasteiger partial charge in [-0.25, -0.2) is 0 Å². The standard InChI is InChI=1S/C14H9I/c1-2-11-3-5-12(6-4-11)13-7-9-14(15)10-8-13/h1,3-10H. The first-order valence-electron chi connectivity index (χ1n) is 4.62. The van der Waals surface area contributed by atoms with Gasteiger partial charge in [-0.15, -0.1) is 6.42 Å². The van der Waals surface area contributed by atoms with Crippen LogP contribution >= 0.6 is 22.6 Å². The van der Waals surface area contributed by atoms with Crippen LogP contribution in [0.4, 0.5) is 0 Å². The van der Waals surface area contributed by atoms with E-state index in [1.807, 2.05) is 12.1 Å². The molecule has 0 radical (unpaired) electrons. The van der Waals surface area contributed by atoms with Gasteiger partial charge in [-0.2, -0.15) is 0 Å². The molecule has 0 aliphatic heterocycles. The molecular weight excluding hydrogens is 295 g/mol. The van der Waals surface area contributed by atoms with Gasteiger partial charge in [-0.05, 0) is 58.0 Å². The zero-order valence-corrected chi connectivity index (χ0v) is 10.2. The third kappa shape index (κ3) is 2.40. The lowest BCUT2D eigenvalue weighted by Gasteiger charge is -2.01. The fourth-order valence-electron chi connectivity index (χ4n) is 1.40. The Kier molecular flexibility index (Phi) is 3.08. The summed E-state index contributed by atoms with van der Waals surface area (Å²) in [5.74, 6) is 2.61. The van der Waals surface area contributed by atoms with Crippen LogP contribution in [0.1, 0.15) is 5.56 Å². The van der Waals surface area contributed by atoms with Crippen LogP contribution in [0.5, 0.6) is 0 Å². The number of rotatable bonds is 1. The maximum absolute atomic E-state index is 5.31. The average molecular weight is 304 g/mol. The normalized spacial score (nSPS) is 9.60. The topological polar surface area (TPSA) is 0 Å². The quantitative estimate of drug-likeness (QED) is 0.553. The van der Waals surface area contributed by atoms with Gasteiger partial charge in [0.2, 0.25) is 0 Å². The maximum Gasteiger partial charge on any atom is 0.0243 e. The van der Waals surface area contributed by atoms with E-state index in [9.17, 15) is 0 Å². The monoisotopic (exact) mass is 304 g/mol. The van der Waals surface area contributed by atoms with Crippen molar-refractivity contribution in [2.75, 3.05) is 0 Å². The van der Waals surface area contributed by atoms with E-state index in [1.165, 1.54) is 14.7 Å². The highest BCUT2D eigenvalue weighted by atomic mass is 127. The molecule has 0 bridgehead atoms. The van der Waals surface area contributed by atoms with E-state index in [0.717, 1.165) is 5.56 Å². The Bertz CT molecular complexity index is 486. The van der Waals surface area contributed by atoms with Crippen molar-refractivity contribution in [3.05, 3.63) is 57.7 Å². The summed E-state index contributed by atoms with van der Waals surface area (Å²) in [7, 11) is 0. The average Bonchev–Trinajstić information content (AvgIpc) is 2.30. The third-order valence-electron chi connectivity index (χ3n) is 2.23. The van der Waals surface area contributed by atoms with Crippen LogP contribution in [0.25, 0.3) is 11.1 Å². The first kappa shape index (κ1) is 10.3. The number of benzene rings is 2. The zero-order valence-electron chi connectivity index (χ0n) is 8.07. The molecule has 0 aliphatic rings. The van der Waals surface area contributed by atoms with Gasteiger partial charge in [0, 0.05) is 9.13 Å². The lowest BCUT2D eigenvalue weighted by Crippen LogP contribution is -1.79. The van der Waals surface area contributed by atoms with Crippen LogP contribution in [-0.4, -0.2) is 0 Å². The van der Waals surface area contributed by atoms with Crippen molar-refractivity contribution in [3.63, 3.8) is 0 Å². The van der Waals surface area contributed by atoms with Crippen LogP contribution in [0.3, 0.4) is 0 Å². The van der Waals surface area contributed by atoms with Crippen LogP contribution < -0.4 is 0 Å². The molecular formula is C14H9I. The molecule has 0 fully saturated rings. The Morgan fingerprint density at radius 1 is 0.800 bits per heavy atom. The van der Waals surface area contributed by atoms with Gasteiger partial charge in [-0.1, -0.05) is 30.2 Å². The van der Waals surface area contributed by atoms with Gasteiger partial charge in [0.15, 0.2) is 0 Å². The van der Waals surface area contributed by atoms with E-state index in [1.54, 1.807) is 0 Å². The molecule has 1 heteroatoms. The second-order valence-electron chi connectivity index (χ2n) is 3.23. The van der Waals surface area contributed by atoms with E-state index < -0.39 is 0 Å². The Morgan fingerprint density at radius 3 is 1.73 bits per heavy atom. The maximum atomic E-state index is 5.31. The van der Waals surface area contributed by atoms with E-state index in [2.05, 4.69) is 64.9 Å². The summed E-state index contributed by atoms with van der Waals surface area (Å²) >= 11 is 2.30. The predicted octanol–water partition coefficient (Wildman–Crippen LogP) is 3.94. The molecule has 15 heavy (non-hydrogen) atoms. The third-order valence-corrected chi connectivity index (χ3v) is 2.95. The Balaban J connectivity index is 2.38. The van der Waals surface area contributed by atoms with Gasteiger partial charge >= 0.3 is 0 Å². The van der Waals surface area contributed by atoms with Gasteiger partial charge in [-0.3, -0.25) is 0 Å². The zero-order chi connectivity index (χ0) is 10.7. The Morgan fingerprint density at radius 2 is 1.27 bits per heavy atom. The molecule has 0 aromatic heterocycles. The molecule has 0 heterocycles. The molecule has 0 atom stereocenters. The molecule has 0 unspecified atom stereocenters. The first-order valence-corrected chi connectivity index (χ1v) is 5.70. The minimum atomic E-state index is 0.921. The summed E-state index contributed by atoms with van der Waals surface area (Å²) in [6.45, 7) is 0. The second kappa shape index (κ2) is 4.50. The van der Waals surface area contributed by atoms with Crippen LogP contribution in [0.15, 0.2) is 48.5 Å². The summed E-state index contributed by atoms with van der Waals surface area (Å²) in [4.78, 5) is 0. The summed E-state index contributed by atoms with van der Waals surface area (Å²) in [5.41, 5.74) is 3.34. The highest BCUT2D eigenvalue weighted by molar-refractivity contribution is 14.1. The van der Waals surface area contributed by atoms with Crippen LogP contribution in [0, 0.1) is 15.9 Å². The first-order chi connectivity index (χ1) is 7.29.